The maximum atomic E-state index is 14.4. The Morgan fingerprint density at radius 2 is 1.82 bits per heavy atom. The number of rotatable bonds is 5. The van der Waals surface area contributed by atoms with Crippen LogP contribution in [0.25, 0.3) is 4.85 Å². The van der Waals surface area contributed by atoms with Crippen LogP contribution in [0.15, 0.2) is 53.7 Å². The zero-order chi connectivity index (χ0) is 20.3. The third kappa shape index (κ3) is 4.16. The molecule has 0 fully saturated rings. The third-order valence-electron chi connectivity index (χ3n) is 3.33. The van der Waals surface area contributed by atoms with Gasteiger partial charge in [-0.15, -0.1) is 0 Å². The first-order valence-corrected chi connectivity index (χ1v) is 9.30. The molecule has 0 amide bonds. The van der Waals surface area contributed by atoms with Gasteiger partial charge in [-0.3, -0.25) is 0 Å². The molecule has 2 aromatic carbocycles. The number of hydrogen-bond acceptors (Lipinski definition) is 5. The van der Waals surface area contributed by atoms with Crippen molar-refractivity contribution < 1.29 is 21.9 Å². The van der Waals surface area contributed by atoms with Crippen LogP contribution in [0.2, 0.25) is 5.02 Å². The van der Waals surface area contributed by atoms with E-state index in [-0.39, 0.29) is 28.2 Å². The number of aromatic nitrogens is 2. The summed E-state index contributed by atoms with van der Waals surface area (Å²) in [6.45, 7) is 6.89. The highest BCUT2D eigenvalue weighted by Gasteiger charge is 2.23. The summed E-state index contributed by atoms with van der Waals surface area (Å²) < 4.78 is 59.9. The maximum absolute atomic E-state index is 14.4. The summed E-state index contributed by atoms with van der Waals surface area (Å²) in [5, 5.41) is -0.218. The van der Waals surface area contributed by atoms with Crippen molar-refractivity contribution in [1.29, 1.82) is 0 Å². The van der Waals surface area contributed by atoms with Gasteiger partial charge in [0.1, 0.15) is 28.0 Å². The molecule has 3 aromatic rings. The van der Waals surface area contributed by atoms with Gasteiger partial charge in [0.25, 0.3) is 10.0 Å². The molecule has 0 aliphatic carbocycles. The summed E-state index contributed by atoms with van der Waals surface area (Å²) in [4.78, 5) is 9.65. The van der Waals surface area contributed by atoms with Crippen molar-refractivity contribution in [2.45, 2.75) is 4.90 Å². The molecule has 0 atom stereocenters. The van der Waals surface area contributed by atoms with Crippen LogP contribution >= 0.6 is 11.6 Å². The summed E-state index contributed by atoms with van der Waals surface area (Å²) in [7, 11) is -4.35. The van der Waals surface area contributed by atoms with Gasteiger partial charge in [-0.05, 0) is 30.3 Å². The predicted molar refractivity (Wildman–Crippen MR) is 97.0 cm³/mol. The van der Waals surface area contributed by atoms with Crippen molar-refractivity contribution in [3.63, 3.8) is 0 Å². The summed E-state index contributed by atoms with van der Waals surface area (Å²) >= 11 is 6.02. The highest BCUT2D eigenvalue weighted by Crippen LogP contribution is 2.35. The standard InChI is InChI=1S/C17H9ClF2N4O3S/c1-21-14-7-10(3-4-12(14)19)27-15-9-13(20)16(8-11(15)18)28(25,26)24-17-22-5-2-6-23-17/h2-9H,(H,22,23,24). The largest absolute Gasteiger partial charge is 0.457 e. The zero-order valence-electron chi connectivity index (χ0n) is 13.7. The van der Waals surface area contributed by atoms with Gasteiger partial charge in [0, 0.05) is 18.5 Å². The molecule has 0 radical (unpaired) electrons. The first kappa shape index (κ1) is 19.5. The molecule has 0 aliphatic heterocycles. The lowest BCUT2D eigenvalue weighted by molar-refractivity contribution is 0.472. The van der Waals surface area contributed by atoms with Crippen LogP contribution in [0.5, 0.6) is 11.5 Å². The minimum Gasteiger partial charge on any atom is -0.457 e. The van der Waals surface area contributed by atoms with Crippen LogP contribution < -0.4 is 9.46 Å². The minimum absolute atomic E-state index is 0.0279. The molecule has 28 heavy (non-hydrogen) atoms. The van der Waals surface area contributed by atoms with Gasteiger partial charge in [-0.25, -0.2) is 36.7 Å². The molecule has 1 aromatic heterocycles. The highest BCUT2D eigenvalue weighted by atomic mass is 35.5. The number of benzene rings is 2. The van der Waals surface area contributed by atoms with Gasteiger partial charge in [-0.1, -0.05) is 11.6 Å². The summed E-state index contributed by atoms with van der Waals surface area (Å²) in [5.41, 5.74) is -0.291. The van der Waals surface area contributed by atoms with E-state index in [0.717, 1.165) is 24.3 Å². The molecule has 1 heterocycles. The molecule has 1 N–H and O–H groups in total. The van der Waals surface area contributed by atoms with Crippen LogP contribution in [0.3, 0.4) is 0 Å². The molecule has 0 unspecified atom stereocenters. The van der Waals surface area contributed by atoms with Gasteiger partial charge < -0.3 is 4.74 Å². The van der Waals surface area contributed by atoms with Crippen molar-refractivity contribution in [3.05, 3.63) is 76.9 Å². The summed E-state index contributed by atoms with van der Waals surface area (Å²) in [5.74, 6) is -2.31. The van der Waals surface area contributed by atoms with E-state index in [0.29, 0.717) is 0 Å². The van der Waals surface area contributed by atoms with Crippen molar-refractivity contribution in [2.24, 2.45) is 0 Å². The van der Waals surface area contributed by atoms with Crippen LogP contribution in [-0.4, -0.2) is 18.4 Å². The zero-order valence-corrected chi connectivity index (χ0v) is 15.3. The SMILES string of the molecule is [C-]#[N+]c1cc(Oc2cc(F)c(S(=O)(=O)Nc3ncccn3)cc2Cl)ccc1F. The Morgan fingerprint density at radius 1 is 1.11 bits per heavy atom. The van der Waals surface area contributed by atoms with Crippen molar-refractivity contribution >= 4 is 33.3 Å². The van der Waals surface area contributed by atoms with E-state index < -0.39 is 26.6 Å². The van der Waals surface area contributed by atoms with Gasteiger partial charge in [0.2, 0.25) is 11.6 Å². The monoisotopic (exact) mass is 422 g/mol. The quantitative estimate of drug-likeness (QED) is 0.609. The second-order valence-electron chi connectivity index (χ2n) is 5.22. The Morgan fingerprint density at radius 3 is 2.50 bits per heavy atom. The molecule has 0 spiro atoms. The second kappa shape index (κ2) is 7.75. The van der Waals surface area contributed by atoms with E-state index in [1.807, 2.05) is 4.72 Å². The number of halogens is 3. The lowest BCUT2D eigenvalue weighted by atomic mass is 10.3. The second-order valence-corrected chi connectivity index (χ2v) is 7.28. The first-order chi connectivity index (χ1) is 13.3. The van der Waals surface area contributed by atoms with E-state index in [1.165, 1.54) is 24.5 Å². The molecule has 0 saturated heterocycles. The van der Waals surface area contributed by atoms with Crippen LogP contribution in [0, 0.1) is 18.2 Å². The van der Waals surface area contributed by atoms with Crippen molar-refractivity contribution in [1.82, 2.24) is 9.97 Å². The normalized spacial score (nSPS) is 10.9. The van der Waals surface area contributed by atoms with Crippen LogP contribution in [0.1, 0.15) is 0 Å². The molecule has 0 aliphatic rings. The molecule has 7 nitrogen and oxygen atoms in total. The van der Waals surface area contributed by atoms with Crippen molar-refractivity contribution in [3.8, 4) is 11.5 Å². The molecule has 142 valence electrons. The number of sulfonamides is 1. The van der Waals surface area contributed by atoms with Crippen molar-refractivity contribution in [2.75, 3.05) is 4.72 Å². The Balaban J connectivity index is 1.92. The molecular weight excluding hydrogens is 414 g/mol. The summed E-state index contributed by atoms with van der Waals surface area (Å²) in [6.07, 6.45) is 2.62. The average Bonchev–Trinajstić information content (AvgIpc) is 2.66. The fourth-order valence-electron chi connectivity index (χ4n) is 2.09. The number of anilines is 1. The van der Waals surface area contributed by atoms with E-state index in [2.05, 4.69) is 14.8 Å². The number of nitrogens with zero attached hydrogens (tertiary/aromatic N) is 3. The predicted octanol–water partition coefficient (Wildman–Crippen LogP) is 4.55. The van der Waals surface area contributed by atoms with Gasteiger partial charge in [0.15, 0.2) is 0 Å². The van der Waals surface area contributed by atoms with E-state index in [4.69, 9.17) is 22.9 Å². The molecule has 11 heteroatoms. The van der Waals surface area contributed by atoms with Crippen LogP contribution in [-0.2, 0) is 10.0 Å². The third-order valence-corrected chi connectivity index (χ3v) is 4.97. The topological polar surface area (TPSA) is 85.5 Å². The van der Waals surface area contributed by atoms with E-state index >= 15 is 0 Å². The average molecular weight is 423 g/mol. The molecule has 3 rings (SSSR count). The lowest BCUT2D eigenvalue weighted by Crippen LogP contribution is -2.16. The summed E-state index contributed by atoms with van der Waals surface area (Å²) in [6, 6.07) is 6.44. The van der Waals surface area contributed by atoms with Gasteiger partial charge >= 0.3 is 0 Å². The van der Waals surface area contributed by atoms with E-state index in [1.54, 1.807) is 0 Å². The fourth-order valence-corrected chi connectivity index (χ4v) is 3.40. The van der Waals surface area contributed by atoms with Gasteiger partial charge in [-0.2, -0.15) is 0 Å². The number of nitrogens with one attached hydrogen (secondary N) is 1. The number of hydrogen-bond donors (Lipinski definition) is 1. The van der Waals surface area contributed by atoms with Crippen LogP contribution in [0.4, 0.5) is 20.4 Å². The maximum Gasteiger partial charge on any atom is 0.267 e. The number of ether oxygens (including phenoxy) is 1. The Kier molecular flexibility index (Phi) is 5.39. The minimum atomic E-state index is -4.35. The highest BCUT2D eigenvalue weighted by molar-refractivity contribution is 7.92. The fraction of sp³-hybridized carbons (Fsp3) is 0. The Hall–Kier alpha value is -3.29. The Labute approximate surface area is 163 Å². The lowest BCUT2D eigenvalue weighted by Gasteiger charge is -2.12. The van der Waals surface area contributed by atoms with Gasteiger partial charge in [0.05, 0.1) is 11.6 Å². The Bertz CT molecular complexity index is 1180. The smallest absolute Gasteiger partial charge is 0.267 e. The molecular formula is C17H9ClF2N4O3S. The molecule has 0 bridgehead atoms. The van der Waals surface area contributed by atoms with E-state index in [9.17, 15) is 17.2 Å². The molecule has 0 saturated carbocycles. The first-order valence-electron chi connectivity index (χ1n) is 7.44.